The van der Waals surface area contributed by atoms with Crippen LogP contribution in [0.3, 0.4) is 0 Å². The number of benzene rings is 1. The fourth-order valence-corrected chi connectivity index (χ4v) is 3.17. The van der Waals surface area contributed by atoms with E-state index in [1.54, 1.807) is 25.1 Å². The molecule has 0 saturated heterocycles. The lowest BCUT2D eigenvalue weighted by atomic mass is 9.84. The van der Waals surface area contributed by atoms with Crippen LogP contribution in [0.25, 0.3) is 0 Å². The number of amides is 1. The summed E-state index contributed by atoms with van der Waals surface area (Å²) in [6, 6.07) is 7.14. The van der Waals surface area contributed by atoms with Gasteiger partial charge in [-0.15, -0.1) is 0 Å². The minimum atomic E-state index is -3.54. The van der Waals surface area contributed by atoms with Crippen molar-refractivity contribution in [1.82, 2.24) is 4.90 Å². The predicted molar refractivity (Wildman–Crippen MR) is 94.2 cm³/mol. The minimum Gasteiger partial charge on any atom is -0.382 e. The first-order valence-electron chi connectivity index (χ1n) is 8.67. The number of nitrogens with zero attached hydrogens (tertiary/aromatic N) is 1. The van der Waals surface area contributed by atoms with E-state index >= 15 is 0 Å². The van der Waals surface area contributed by atoms with Gasteiger partial charge in [0.15, 0.2) is 0 Å². The first kappa shape index (κ1) is 18.8. The van der Waals surface area contributed by atoms with E-state index in [1.807, 2.05) is 11.0 Å². The van der Waals surface area contributed by atoms with Crippen LogP contribution in [-0.4, -0.2) is 31.0 Å². The van der Waals surface area contributed by atoms with E-state index in [0.29, 0.717) is 12.3 Å². The monoisotopic (exact) mass is 353 g/mol. The lowest BCUT2D eigenvalue weighted by Gasteiger charge is -2.35. The molecule has 1 aliphatic carbocycles. The SMILES string of the molecule is CC[C@@H](C)N(Cc1cccc(OS(=O)(=O)CC)c1)C(=O)C1CCC1. The standard InChI is InChI=1S/C18H27NO4S/c1-4-14(3)19(18(20)16-9-7-10-16)13-15-8-6-11-17(12-15)23-24(21,22)5-2/h6,8,11-12,14,16H,4-5,7,9-10,13H2,1-3H3/t14-/m1/s1. The van der Waals surface area contributed by atoms with Gasteiger partial charge in [-0.25, -0.2) is 0 Å². The minimum absolute atomic E-state index is 0.0730. The van der Waals surface area contributed by atoms with Crippen molar-refractivity contribution in [1.29, 1.82) is 0 Å². The summed E-state index contributed by atoms with van der Waals surface area (Å²) in [5.41, 5.74) is 0.881. The number of hydrogen-bond acceptors (Lipinski definition) is 4. The Bertz CT molecular complexity index is 667. The Morgan fingerprint density at radius 1 is 1.33 bits per heavy atom. The Kier molecular flexibility index (Phi) is 6.27. The molecule has 0 unspecified atom stereocenters. The van der Waals surface area contributed by atoms with Crippen molar-refractivity contribution in [3.05, 3.63) is 29.8 Å². The molecule has 24 heavy (non-hydrogen) atoms. The average Bonchev–Trinajstić information content (AvgIpc) is 2.50. The molecule has 134 valence electrons. The molecule has 1 aromatic rings. The molecule has 0 N–H and O–H groups in total. The van der Waals surface area contributed by atoms with Crippen LogP contribution in [-0.2, 0) is 21.5 Å². The van der Waals surface area contributed by atoms with Crippen LogP contribution in [0.5, 0.6) is 5.75 Å². The second kappa shape index (κ2) is 8.01. The first-order valence-corrected chi connectivity index (χ1v) is 10.3. The highest BCUT2D eigenvalue weighted by Gasteiger charge is 2.31. The maximum Gasteiger partial charge on any atom is 0.308 e. The summed E-state index contributed by atoms with van der Waals surface area (Å²) < 4.78 is 28.3. The number of carbonyl (C=O) groups excluding carboxylic acids is 1. The topological polar surface area (TPSA) is 63.7 Å². The highest BCUT2D eigenvalue weighted by Crippen LogP contribution is 2.30. The Labute approximate surface area is 145 Å². The molecule has 1 fully saturated rings. The van der Waals surface area contributed by atoms with Crippen molar-refractivity contribution >= 4 is 16.0 Å². The van der Waals surface area contributed by atoms with E-state index in [2.05, 4.69) is 13.8 Å². The molecule has 0 bridgehead atoms. The third-order valence-corrected chi connectivity index (χ3v) is 5.84. The van der Waals surface area contributed by atoms with E-state index in [1.165, 1.54) is 0 Å². The highest BCUT2D eigenvalue weighted by molar-refractivity contribution is 7.87. The molecule has 0 aliphatic heterocycles. The summed E-state index contributed by atoms with van der Waals surface area (Å²) in [6.07, 6.45) is 3.97. The van der Waals surface area contributed by atoms with Gasteiger partial charge in [0.2, 0.25) is 5.91 Å². The second-order valence-corrected chi connectivity index (χ2v) is 8.29. The van der Waals surface area contributed by atoms with Crippen LogP contribution in [0.1, 0.15) is 52.0 Å². The third kappa shape index (κ3) is 4.72. The molecule has 1 aromatic carbocycles. The van der Waals surface area contributed by atoms with Gasteiger partial charge in [0.05, 0.1) is 5.75 Å². The third-order valence-electron chi connectivity index (χ3n) is 4.69. The summed E-state index contributed by atoms with van der Waals surface area (Å²) in [7, 11) is -3.54. The summed E-state index contributed by atoms with van der Waals surface area (Å²) >= 11 is 0. The van der Waals surface area contributed by atoms with Crippen LogP contribution in [0.15, 0.2) is 24.3 Å². The highest BCUT2D eigenvalue weighted by atomic mass is 32.2. The van der Waals surface area contributed by atoms with Gasteiger partial charge in [0.1, 0.15) is 5.75 Å². The van der Waals surface area contributed by atoms with Crippen LogP contribution in [0.4, 0.5) is 0 Å². The van der Waals surface area contributed by atoms with Gasteiger partial charge < -0.3 is 9.08 Å². The van der Waals surface area contributed by atoms with Gasteiger partial charge in [-0.2, -0.15) is 8.42 Å². The Morgan fingerprint density at radius 2 is 2.04 bits per heavy atom. The molecule has 0 aromatic heterocycles. The Morgan fingerprint density at radius 3 is 2.58 bits per heavy atom. The molecule has 6 heteroatoms. The van der Waals surface area contributed by atoms with E-state index in [-0.39, 0.29) is 23.6 Å². The Hall–Kier alpha value is -1.56. The van der Waals surface area contributed by atoms with E-state index in [9.17, 15) is 13.2 Å². The Balaban J connectivity index is 2.15. The van der Waals surface area contributed by atoms with Gasteiger partial charge in [-0.05, 0) is 50.8 Å². The normalized spacial score (nSPS) is 16.3. The molecule has 2 rings (SSSR count). The number of rotatable bonds is 8. The van der Waals surface area contributed by atoms with Crippen LogP contribution in [0.2, 0.25) is 0 Å². The largest absolute Gasteiger partial charge is 0.382 e. The van der Waals surface area contributed by atoms with Crippen LogP contribution in [0, 0.1) is 5.92 Å². The molecule has 1 saturated carbocycles. The quantitative estimate of drug-likeness (QED) is 0.672. The average molecular weight is 353 g/mol. The molecular weight excluding hydrogens is 326 g/mol. The lowest BCUT2D eigenvalue weighted by Crippen LogP contribution is -2.43. The van der Waals surface area contributed by atoms with E-state index in [4.69, 9.17) is 4.18 Å². The zero-order valence-corrected chi connectivity index (χ0v) is 15.5. The van der Waals surface area contributed by atoms with Crippen molar-refractivity contribution in [3.8, 4) is 5.75 Å². The van der Waals surface area contributed by atoms with Crippen molar-refractivity contribution in [2.75, 3.05) is 5.75 Å². The van der Waals surface area contributed by atoms with Crippen molar-refractivity contribution in [2.24, 2.45) is 5.92 Å². The molecule has 5 nitrogen and oxygen atoms in total. The molecule has 0 spiro atoms. The molecule has 0 heterocycles. The van der Waals surface area contributed by atoms with Gasteiger partial charge in [0.25, 0.3) is 0 Å². The van der Waals surface area contributed by atoms with Crippen molar-refractivity contribution in [2.45, 2.75) is 59.0 Å². The van der Waals surface area contributed by atoms with Gasteiger partial charge in [-0.3, -0.25) is 4.79 Å². The zero-order valence-electron chi connectivity index (χ0n) is 14.7. The number of carbonyl (C=O) groups is 1. The lowest BCUT2D eigenvalue weighted by molar-refractivity contribution is -0.141. The fourth-order valence-electron chi connectivity index (χ4n) is 2.66. The molecule has 1 atom stereocenters. The van der Waals surface area contributed by atoms with Crippen molar-refractivity contribution in [3.63, 3.8) is 0 Å². The smallest absolute Gasteiger partial charge is 0.308 e. The first-order chi connectivity index (χ1) is 11.4. The molecule has 0 radical (unpaired) electrons. The molecular formula is C18H27NO4S. The maximum atomic E-state index is 12.7. The summed E-state index contributed by atoms with van der Waals surface area (Å²) in [4.78, 5) is 14.6. The molecule has 1 aliphatic rings. The van der Waals surface area contributed by atoms with Gasteiger partial charge >= 0.3 is 10.1 Å². The summed E-state index contributed by atoms with van der Waals surface area (Å²) in [6.45, 7) is 6.15. The van der Waals surface area contributed by atoms with Crippen molar-refractivity contribution < 1.29 is 17.4 Å². The summed E-state index contributed by atoms with van der Waals surface area (Å²) in [5.74, 6) is 0.590. The van der Waals surface area contributed by atoms with E-state index in [0.717, 1.165) is 31.2 Å². The predicted octanol–water partition coefficient (Wildman–Crippen LogP) is 3.34. The maximum absolute atomic E-state index is 12.7. The zero-order chi connectivity index (χ0) is 17.7. The van der Waals surface area contributed by atoms with Crippen LogP contribution >= 0.6 is 0 Å². The van der Waals surface area contributed by atoms with Gasteiger partial charge in [0, 0.05) is 18.5 Å². The van der Waals surface area contributed by atoms with Crippen LogP contribution < -0.4 is 4.18 Å². The summed E-state index contributed by atoms with van der Waals surface area (Å²) in [5, 5.41) is 0. The fraction of sp³-hybridized carbons (Fsp3) is 0.611. The van der Waals surface area contributed by atoms with Gasteiger partial charge in [-0.1, -0.05) is 25.5 Å². The second-order valence-electron chi connectivity index (χ2n) is 6.43. The molecule has 1 amide bonds. The van der Waals surface area contributed by atoms with E-state index < -0.39 is 10.1 Å². The number of hydrogen-bond donors (Lipinski definition) is 0.